The predicted molar refractivity (Wildman–Crippen MR) is 93.6 cm³/mol. The fourth-order valence-electron chi connectivity index (χ4n) is 2.35. The Morgan fingerprint density at radius 3 is 2.57 bits per heavy atom. The highest BCUT2D eigenvalue weighted by atomic mass is 35.5. The number of nitrogens with zero attached hydrogens (tertiary/aromatic N) is 1. The summed E-state index contributed by atoms with van der Waals surface area (Å²) in [5, 5.41) is 3.34. The maximum atomic E-state index is 12.1. The lowest BCUT2D eigenvalue weighted by atomic mass is 10.0. The third-order valence-electron chi connectivity index (χ3n) is 3.57. The molecule has 0 bridgehead atoms. The smallest absolute Gasteiger partial charge is 0.261 e. The molecule has 2 aromatic rings. The Morgan fingerprint density at radius 2 is 1.91 bits per heavy atom. The van der Waals surface area contributed by atoms with Gasteiger partial charge in [0.15, 0.2) is 0 Å². The summed E-state index contributed by atoms with van der Waals surface area (Å²) >= 11 is 3.86. The van der Waals surface area contributed by atoms with Gasteiger partial charge in [0.25, 0.3) is 17.2 Å². The molecule has 2 N–H and O–H groups in total. The molecule has 0 aromatic heterocycles. The van der Waals surface area contributed by atoms with Crippen LogP contribution < -0.4 is 9.62 Å². The highest BCUT2D eigenvalue weighted by molar-refractivity contribution is 7.80. The molecule has 1 atom stereocenters. The normalized spacial score (nSPS) is 16.1. The molecule has 1 aliphatic rings. The SMILES string of the molecule is CN(c1ccc(/C=C2/C(=O)Nc3cc(Cl)ccc32)cc1)S(=O)O. The van der Waals surface area contributed by atoms with E-state index < -0.39 is 11.3 Å². The van der Waals surface area contributed by atoms with Crippen molar-refractivity contribution in [3.63, 3.8) is 0 Å². The van der Waals surface area contributed by atoms with Gasteiger partial charge in [0.1, 0.15) is 0 Å². The quantitative estimate of drug-likeness (QED) is 0.659. The van der Waals surface area contributed by atoms with Gasteiger partial charge >= 0.3 is 0 Å². The number of halogens is 1. The number of carbonyl (C=O) groups is 1. The number of nitrogens with one attached hydrogen (secondary N) is 1. The zero-order valence-electron chi connectivity index (χ0n) is 12.1. The minimum Gasteiger partial charge on any atom is -0.321 e. The number of fused-ring (bicyclic) bond motifs is 1. The van der Waals surface area contributed by atoms with E-state index in [2.05, 4.69) is 5.32 Å². The fraction of sp³-hybridized carbons (Fsp3) is 0.0625. The van der Waals surface area contributed by atoms with Crippen molar-refractivity contribution < 1.29 is 13.6 Å². The molecular weight excluding hydrogens is 336 g/mol. The molecule has 0 radical (unpaired) electrons. The third-order valence-corrected chi connectivity index (χ3v) is 4.48. The van der Waals surface area contributed by atoms with E-state index in [9.17, 15) is 9.00 Å². The first-order valence-corrected chi connectivity index (χ1v) is 8.17. The molecule has 1 amide bonds. The summed E-state index contributed by atoms with van der Waals surface area (Å²) in [4.78, 5) is 12.1. The van der Waals surface area contributed by atoms with Crippen molar-refractivity contribution in [2.24, 2.45) is 0 Å². The van der Waals surface area contributed by atoms with Crippen molar-refractivity contribution >= 4 is 51.8 Å². The van der Waals surface area contributed by atoms with Gasteiger partial charge in [-0.2, -0.15) is 0 Å². The van der Waals surface area contributed by atoms with Crippen LogP contribution in [-0.4, -0.2) is 21.7 Å². The van der Waals surface area contributed by atoms with Gasteiger partial charge in [0.05, 0.1) is 11.4 Å². The second kappa shape index (κ2) is 6.16. The van der Waals surface area contributed by atoms with Crippen LogP contribution in [0, 0.1) is 0 Å². The molecule has 1 aliphatic heterocycles. The summed E-state index contributed by atoms with van der Waals surface area (Å²) in [5.74, 6) is -0.181. The van der Waals surface area contributed by atoms with Crippen LogP contribution in [0.1, 0.15) is 11.1 Å². The van der Waals surface area contributed by atoms with Crippen LogP contribution >= 0.6 is 11.6 Å². The summed E-state index contributed by atoms with van der Waals surface area (Å²) in [5.41, 5.74) is 3.48. The van der Waals surface area contributed by atoms with Gasteiger partial charge < -0.3 is 5.32 Å². The summed E-state index contributed by atoms with van der Waals surface area (Å²) in [6, 6.07) is 12.3. The Labute approximate surface area is 141 Å². The summed E-state index contributed by atoms with van der Waals surface area (Å²) in [6.07, 6.45) is 1.77. The summed E-state index contributed by atoms with van der Waals surface area (Å²) in [7, 11) is 1.52. The first-order chi connectivity index (χ1) is 11.0. The van der Waals surface area contributed by atoms with Crippen LogP contribution in [0.5, 0.6) is 0 Å². The summed E-state index contributed by atoms with van der Waals surface area (Å²) < 4.78 is 21.3. The van der Waals surface area contributed by atoms with Gasteiger partial charge in [-0.05, 0) is 35.9 Å². The number of hydrogen-bond donors (Lipinski definition) is 2. The molecule has 0 fully saturated rings. The van der Waals surface area contributed by atoms with Crippen LogP contribution in [0.2, 0.25) is 5.02 Å². The molecule has 7 heteroatoms. The Hall–Kier alpha value is -2.15. The van der Waals surface area contributed by atoms with Crippen LogP contribution in [-0.2, 0) is 16.1 Å². The topological polar surface area (TPSA) is 69.6 Å². The van der Waals surface area contributed by atoms with E-state index in [0.29, 0.717) is 22.0 Å². The van der Waals surface area contributed by atoms with E-state index in [1.54, 1.807) is 48.5 Å². The van der Waals surface area contributed by atoms with Crippen LogP contribution in [0.25, 0.3) is 11.6 Å². The molecule has 3 rings (SSSR count). The number of hydrogen-bond acceptors (Lipinski definition) is 2. The van der Waals surface area contributed by atoms with Gasteiger partial charge in [0, 0.05) is 23.2 Å². The van der Waals surface area contributed by atoms with E-state index in [1.165, 1.54) is 11.4 Å². The second-order valence-electron chi connectivity index (χ2n) is 5.02. The molecule has 5 nitrogen and oxygen atoms in total. The van der Waals surface area contributed by atoms with E-state index in [1.807, 2.05) is 0 Å². The maximum Gasteiger partial charge on any atom is 0.261 e. The average molecular weight is 349 g/mol. The molecule has 0 saturated carbocycles. The van der Waals surface area contributed by atoms with Gasteiger partial charge in [-0.15, -0.1) is 0 Å². The molecule has 0 aliphatic carbocycles. The van der Waals surface area contributed by atoms with Crippen LogP contribution in [0.4, 0.5) is 11.4 Å². The van der Waals surface area contributed by atoms with Crippen LogP contribution in [0.15, 0.2) is 42.5 Å². The van der Waals surface area contributed by atoms with Gasteiger partial charge in [0.2, 0.25) is 0 Å². The standard InChI is InChI=1S/C16H13ClN2O3S/c1-19(23(21)22)12-5-2-10(3-6-12)8-14-13-7-4-11(17)9-15(13)18-16(14)20/h2-9H,1H3,(H,18,20)(H,21,22)/b14-8+. The van der Waals surface area contributed by atoms with E-state index in [4.69, 9.17) is 16.2 Å². The average Bonchev–Trinajstić information content (AvgIpc) is 2.82. The zero-order valence-corrected chi connectivity index (χ0v) is 13.7. The summed E-state index contributed by atoms with van der Waals surface area (Å²) in [6.45, 7) is 0. The third kappa shape index (κ3) is 3.14. The molecule has 118 valence electrons. The number of carbonyl (C=O) groups excluding carboxylic acids is 1. The lowest BCUT2D eigenvalue weighted by molar-refractivity contribution is -0.110. The highest BCUT2D eigenvalue weighted by Gasteiger charge is 2.24. The molecule has 23 heavy (non-hydrogen) atoms. The number of amides is 1. The largest absolute Gasteiger partial charge is 0.321 e. The lowest BCUT2D eigenvalue weighted by Gasteiger charge is -2.13. The van der Waals surface area contributed by atoms with Crippen molar-refractivity contribution in [2.75, 3.05) is 16.7 Å². The van der Waals surface area contributed by atoms with Crippen molar-refractivity contribution in [2.45, 2.75) is 0 Å². The minimum absolute atomic E-state index is 0.181. The van der Waals surface area contributed by atoms with Gasteiger partial charge in [-0.1, -0.05) is 29.8 Å². The van der Waals surface area contributed by atoms with Crippen LogP contribution in [0.3, 0.4) is 0 Å². The molecule has 2 aromatic carbocycles. The van der Waals surface area contributed by atoms with Gasteiger partial charge in [-0.3, -0.25) is 13.7 Å². The van der Waals surface area contributed by atoms with E-state index >= 15 is 0 Å². The van der Waals surface area contributed by atoms with Crippen molar-refractivity contribution in [3.8, 4) is 0 Å². The number of benzene rings is 2. The zero-order chi connectivity index (χ0) is 16.6. The second-order valence-corrected chi connectivity index (χ2v) is 6.47. The van der Waals surface area contributed by atoms with E-state index in [-0.39, 0.29) is 5.91 Å². The first-order valence-electron chi connectivity index (χ1n) is 6.73. The molecule has 1 heterocycles. The highest BCUT2D eigenvalue weighted by Crippen LogP contribution is 2.35. The molecule has 0 spiro atoms. The Morgan fingerprint density at radius 1 is 1.22 bits per heavy atom. The Balaban J connectivity index is 1.94. The van der Waals surface area contributed by atoms with Crippen molar-refractivity contribution in [1.82, 2.24) is 0 Å². The molecular formula is C16H13ClN2O3S. The number of rotatable bonds is 3. The maximum absolute atomic E-state index is 12.1. The monoisotopic (exact) mass is 348 g/mol. The first kappa shape index (κ1) is 15.7. The van der Waals surface area contributed by atoms with Crippen molar-refractivity contribution in [1.29, 1.82) is 0 Å². The lowest BCUT2D eigenvalue weighted by Crippen LogP contribution is -2.18. The van der Waals surface area contributed by atoms with E-state index in [0.717, 1.165) is 11.1 Å². The Bertz CT molecular complexity index is 834. The molecule has 1 unspecified atom stereocenters. The molecule has 0 saturated heterocycles. The predicted octanol–water partition coefficient (Wildman–Crippen LogP) is 3.41. The fourth-order valence-corrected chi connectivity index (χ4v) is 2.82. The minimum atomic E-state index is -2.07. The van der Waals surface area contributed by atoms with Gasteiger partial charge in [-0.25, -0.2) is 4.21 Å². The van der Waals surface area contributed by atoms with Crippen molar-refractivity contribution in [3.05, 3.63) is 58.6 Å². The Kier molecular flexibility index (Phi) is 4.21. The number of anilines is 2.